The lowest BCUT2D eigenvalue weighted by Crippen LogP contribution is -2.54. The zero-order chi connectivity index (χ0) is 27.9. The van der Waals surface area contributed by atoms with E-state index in [1.165, 1.54) is 12.1 Å². The molecular weight excluding hydrogens is 618 g/mol. The molecule has 0 radical (unpaired) electrons. The van der Waals surface area contributed by atoms with Crippen molar-refractivity contribution >= 4 is 52.2 Å². The van der Waals surface area contributed by atoms with Crippen LogP contribution in [-0.2, 0) is 16.2 Å². The van der Waals surface area contributed by atoms with Gasteiger partial charge in [0.25, 0.3) is 11.8 Å². The number of hydrogen-bond donors (Lipinski definition) is 1. The van der Waals surface area contributed by atoms with E-state index < -0.39 is 17.8 Å². The van der Waals surface area contributed by atoms with Crippen molar-refractivity contribution in [2.24, 2.45) is 0 Å². The molecule has 10 heteroatoms. The molecule has 0 spiro atoms. The summed E-state index contributed by atoms with van der Waals surface area (Å²) in [6.07, 6.45) is 2.23. The average molecular weight is 644 g/mol. The number of benzene rings is 3. The maximum absolute atomic E-state index is 14.1. The molecule has 202 valence electrons. The van der Waals surface area contributed by atoms with Crippen molar-refractivity contribution in [1.82, 2.24) is 5.32 Å². The minimum atomic E-state index is -0.842. The fourth-order valence-corrected chi connectivity index (χ4v) is 4.59. The maximum Gasteiger partial charge on any atom is 0.335 e. The summed E-state index contributed by atoms with van der Waals surface area (Å²) < 4.78 is 31.9. The molecule has 0 aliphatic carbocycles. The Kier molecular flexibility index (Phi) is 9.18. The van der Waals surface area contributed by atoms with E-state index in [1.807, 2.05) is 29.5 Å². The van der Waals surface area contributed by atoms with Gasteiger partial charge in [0, 0.05) is 5.56 Å². The average Bonchev–Trinajstić information content (AvgIpc) is 2.91. The zero-order valence-corrected chi connectivity index (χ0v) is 23.5. The van der Waals surface area contributed by atoms with E-state index >= 15 is 0 Å². The molecule has 0 saturated carbocycles. The lowest BCUT2D eigenvalue weighted by Gasteiger charge is -2.26. The highest BCUT2D eigenvalue weighted by Crippen LogP contribution is 2.36. The van der Waals surface area contributed by atoms with E-state index in [2.05, 4.69) is 5.32 Å². The molecule has 4 amide bonds. The molecule has 39 heavy (non-hydrogen) atoms. The van der Waals surface area contributed by atoms with E-state index in [-0.39, 0.29) is 18.0 Å². The number of imide groups is 2. The SMILES string of the molecule is CCCOc1ccc(N2C(=O)NC(=O)/C(=C/c3cc(I)c(OCc4ccccc4F)c(OCC)c3)C2=O)cc1. The van der Waals surface area contributed by atoms with E-state index in [0.717, 1.165) is 11.3 Å². The van der Waals surface area contributed by atoms with Gasteiger partial charge in [-0.05, 0) is 90.0 Å². The predicted molar refractivity (Wildman–Crippen MR) is 152 cm³/mol. The van der Waals surface area contributed by atoms with Gasteiger partial charge in [-0.3, -0.25) is 14.9 Å². The summed E-state index contributed by atoms with van der Waals surface area (Å²) in [6.45, 7) is 4.65. The summed E-state index contributed by atoms with van der Waals surface area (Å²) in [5.74, 6) is -0.573. The number of nitrogens with one attached hydrogen (secondary N) is 1. The van der Waals surface area contributed by atoms with Gasteiger partial charge in [-0.15, -0.1) is 0 Å². The van der Waals surface area contributed by atoms with E-state index in [0.29, 0.717) is 50.8 Å². The Morgan fingerprint density at radius 1 is 0.974 bits per heavy atom. The van der Waals surface area contributed by atoms with Crippen LogP contribution in [0.2, 0.25) is 0 Å². The number of ether oxygens (including phenoxy) is 3. The summed E-state index contributed by atoms with van der Waals surface area (Å²) in [4.78, 5) is 39.4. The number of halogens is 2. The summed E-state index contributed by atoms with van der Waals surface area (Å²) in [7, 11) is 0. The molecule has 1 heterocycles. The number of carbonyl (C=O) groups is 3. The highest BCUT2D eigenvalue weighted by Gasteiger charge is 2.37. The molecule has 8 nitrogen and oxygen atoms in total. The van der Waals surface area contributed by atoms with Crippen molar-refractivity contribution in [2.45, 2.75) is 26.9 Å². The van der Waals surface area contributed by atoms with Crippen LogP contribution in [-0.4, -0.2) is 31.1 Å². The van der Waals surface area contributed by atoms with E-state index in [1.54, 1.807) is 61.5 Å². The Morgan fingerprint density at radius 2 is 1.72 bits per heavy atom. The van der Waals surface area contributed by atoms with Gasteiger partial charge < -0.3 is 14.2 Å². The molecule has 0 atom stereocenters. The molecule has 1 aliphatic heterocycles. The van der Waals surface area contributed by atoms with Crippen LogP contribution in [0.15, 0.2) is 66.2 Å². The van der Waals surface area contributed by atoms with Gasteiger partial charge in [0.05, 0.1) is 22.5 Å². The zero-order valence-electron chi connectivity index (χ0n) is 21.3. The van der Waals surface area contributed by atoms with E-state index in [4.69, 9.17) is 14.2 Å². The molecule has 1 N–H and O–H groups in total. The van der Waals surface area contributed by atoms with Crippen LogP contribution in [0.4, 0.5) is 14.9 Å². The fourth-order valence-electron chi connectivity index (χ4n) is 3.81. The summed E-state index contributed by atoms with van der Waals surface area (Å²) >= 11 is 2.05. The van der Waals surface area contributed by atoms with Crippen LogP contribution in [0.5, 0.6) is 17.2 Å². The maximum atomic E-state index is 14.1. The van der Waals surface area contributed by atoms with Crippen molar-refractivity contribution in [1.29, 1.82) is 0 Å². The lowest BCUT2D eigenvalue weighted by atomic mass is 10.1. The summed E-state index contributed by atoms with van der Waals surface area (Å²) in [6, 6.07) is 15.3. The van der Waals surface area contributed by atoms with Gasteiger partial charge in [-0.25, -0.2) is 14.1 Å². The number of urea groups is 1. The molecule has 0 bridgehead atoms. The van der Waals surface area contributed by atoms with Crippen molar-refractivity contribution in [3.8, 4) is 17.2 Å². The number of carbonyl (C=O) groups excluding carboxylic acids is 3. The van der Waals surface area contributed by atoms with Gasteiger partial charge in [0.15, 0.2) is 11.5 Å². The smallest absolute Gasteiger partial charge is 0.335 e. The highest BCUT2D eigenvalue weighted by molar-refractivity contribution is 14.1. The van der Waals surface area contributed by atoms with Gasteiger partial charge >= 0.3 is 6.03 Å². The van der Waals surface area contributed by atoms with Crippen molar-refractivity contribution in [3.63, 3.8) is 0 Å². The van der Waals surface area contributed by atoms with Crippen LogP contribution in [0.1, 0.15) is 31.4 Å². The highest BCUT2D eigenvalue weighted by atomic mass is 127. The molecule has 0 aromatic heterocycles. The molecule has 1 aliphatic rings. The first-order valence-electron chi connectivity index (χ1n) is 12.3. The van der Waals surface area contributed by atoms with Crippen LogP contribution in [0, 0.1) is 9.39 Å². The van der Waals surface area contributed by atoms with Crippen molar-refractivity contribution in [2.75, 3.05) is 18.1 Å². The molecule has 1 fully saturated rings. The minimum absolute atomic E-state index is 0.0105. The second-order valence-corrected chi connectivity index (χ2v) is 9.61. The summed E-state index contributed by atoms with van der Waals surface area (Å²) in [5, 5.41) is 2.22. The third kappa shape index (κ3) is 6.56. The molecule has 1 saturated heterocycles. The second-order valence-electron chi connectivity index (χ2n) is 8.44. The number of hydrogen-bond acceptors (Lipinski definition) is 6. The Morgan fingerprint density at radius 3 is 2.41 bits per heavy atom. The first kappa shape index (κ1) is 28.1. The van der Waals surface area contributed by atoms with Gasteiger partial charge in [-0.2, -0.15) is 0 Å². The number of anilines is 1. The molecule has 4 rings (SSSR count). The largest absolute Gasteiger partial charge is 0.494 e. The van der Waals surface area contributed by atoms with Gasteiger partial charge in [-0.1, -0.05) is 25.1 Å². The van der Waals surface area contributed by atoms with E-state index in [9.17, 15) is 18.8 Å². The molecule has 3 aromatic carbocycles. The number of barbiturate groups is 1. The van der Waals surface area contributed by atoms with Crippen LogP contribution >= 0.6 is 22.6 Å². The third-order valence-corrected chi connectivity index (χ3v) is 6.44. The Hall–Kier alpha value is -3.93. The Bertz CT molecular complexity index is 1420. The molecule has 3 aromatic rings. The van der Waals surface area contributed by atoms with Crippen LogP contribution in [0.25, 0.3) is 6.08 Å². The lowest BCUT2D eigenvalue weighted by molar-refractivity contribution is -0.122. The predicted octanol–water partition coefficient (Wildman–Crippen LogP) is 5.86. The molecule has 0 unspecified atom stereocenters. The first-order valence-corrected chi connectivity index (χ1v) is 13.4. The summed E-state index contributed by atoms with van der Waals surface area (Å²) in [5.41, 5.74) is 0.943. The quantitative estimate of drug-likeness (QED) is 0.169. The molecular formula is C29H26FIN2O6. The Labute approximate surface area is 238 Å². The van der Waals surface area contributed by atoms with Crippen LogP contribution in [0.3, 0.4) is 0 Å². The van der Waals surface area contributed by atoms with Crippen molar-refractivity contribution in [3.05, 3.63) is 86.8 Å². The number of amides is 4. The first-order chi connectivity index (χ1) is 18.8. The Balaban J connectivity index is 1.62. The second kappa shape index (κ2) is 12.7. The monoisotopic (exact) mass is 644 g/mol. The standard InChI is InChI=1S/C29H26FIN2O6/c1-3-13-38-21-11-9-20(10-12-21)33-28(35)22(27(34)32-29(33)36)14-18-15-24(31)26(25(16-18)37-4-2)39-17-19-7-5-6-8-23(19)30/h5-12,14-16H,3-4,13,17H2,1-2H3,(H,32,34,36)/b22-14-. The van der Waals surface area contributed by atoms with Gasteiger partial charge in [0.1, 0.15) is 23.7 Å². The van der Waals surface area contributed by atoms with Crippen LogP contribution < -0.4 is 24.4 Å². The topological polar surface area (TPSA) is 94.2 Å². The minimum Gasteiger partial charge on any atom is -0.494 e. The third-order valence-electron chi connectivity index (χ3n) is 5.64. The normalized spacial score (nSPS) is 14.4. The number of nitrogens with zero attached hydrogens (tertiary/aromatic N) is 1. The fraction of sp³-hybridized carbons (Fsp3) is 0.207. The van der Waals surface area contributed by atoms with Crippen molar-refractivity contribution < 1.29 is 33.0 Å². The number of rotatable bonds is 10. The van der Waals surface area contributed by atoms with Gasteiger partial charge in [0.2, 0.25) is 0 Å².